The summed E-state index contributed by atoms with van der Waals surface area (Å²) in [6.45, 7) is 0.364. The third-order valence-electron chi connectivity index (χ3n) is 4.93. The van der Waals surface area contributed by atoms with Gasteiger partial charge in [-0.05, 0) is 42.0 Å². The van der Waals surface area contributed by atoms with E-state index in [-0.39, 0.29) is 11.8 Å². The maximum Gasteiger partial charge on any atom is 0.256 e. The van der Waals surface area contributed by atoms with Crippen LogP contribution in [0.1, 0.15) is 26.3 Å². The summed E-state index contributed by atoms with van der Waals surface area (Å²) in [6.07, 6.45) is 0. The lowest BCUT2D eigenvalue weighted by Gasteiger charge is -2.10. The predicted molar refractivity (Wildman–Crippen MR) is 126 cm³/mol. The Hall–Kier alpha value is -4.45. The SMILES string of the molecule is Nc1ccc(-c2ccccc2)nc1NC(=O)c1ccc(CNC(=O)c2ccccc2)cc1. The maximum absolute atomic E-state index is 12.7. The fraction of sp³-hybridized carbons (Fsp3) is 0.0385. The molecule has 32 heavy (non-hydrogen) atoms. The van der Waals surface area contributed by atoms with Crippen LogP contribution >= 0.6 is 0 Å². The third kappa shape index (κ3) is 4.99. The number of hydrogen-bond donors (Lipinski definition) is 3. The van der Waals surface area contributed by atoms with E-state index in [1.165, 1.54) is 0 Å². The van der Waals surface area contributed by atoms with E-state index in [0.29, 0.717) is 29.2 Å². The Labute approximate surface area is 186 Å². The van der Waals surface area contributed by atoms with Crippen LogP contribution in [0, 0.1) is 0 Å². The molecule has 4 rings (SSSR count). The molecule has 6 nitrogen and oxygen atoms in total. The average Bonchev–Trinajstić information content (AvgIpc) is 2.85. The van der Waals surface area contributed by atoms with E-state index in [9.17, 15) is 9.59 Å². The van der Waals surface area contributed by atoms with Crippen molar-refractivity contribution >= 4 is 23.3 Å². The minimum absolute atomic E-state index is 0.146. The van der Waals surface area contributed by atoms with Crippen LogP contribution in [0.2, 0.25) is 0 Å². The van der Waals surface area contributed by atoms with Gasteiger partial charge in [-0.3, -0.25) is 9.59 Å². The molecule has 0 saturated carbocycles. The number of benzene rings is 3. The van der Waals surface area contributed by atoms with Crippen molar-refractivity contribution in [1.82, 2.24) is 10.3 Å². The van der Waals surface area contributed by atoms with Crippen LogP contribution in [-0.4, -0.2) is 16.8 Å². The average molecular weight is 422 g/mol. The van der Waals surface area contributed by atoms with Crippen molar-refractivity contribution in [2.75, 3.05) is 11.1 Å². The zero-order chi connectivity index (χ0) is 22.3. The number of nitrogen functional groups attached to an aromatic ring is 1. The number of nitrogens with zero attached hydrogens (tertiary/aromatic N) is 1. The molecule has 0 atom stereocenters. The monoisotopic (exact) mass is 422 g/mol. The summed E-state index contributed by atoms with van der Waals surface area (Å²) in [4.78, 5) is 29.4. The second-order valence-electron chi connectivity index (χ2n) is 7.20. The number of carbonyl (C=O) groups is 2. The van der Waals surface area contributed by atoms with Crippen molar-refractivity contribution in [3.63, 3.8) is 0 Å². The summed E-state index contributed by atoms with van der Waals surface area (Å²) >= 11 is 0. The van der Waals surface area contributed by atoms with Crippen molar-refractivity contribution in [1.29, 1.82) is 0 Å². The summed E-state index contributed by atoms with van der Waals surface area (Å²) < 4.78 is 0. The largest absolute Gasteiger partial charge is 0.396 e. The van der Waals surface area contributed by atoms with Crippen LogP contribution in [-0.2, 0) is 6.54 Å². The van der Waals surface area contributed by atoms with Gasteiger partial charge in [0.1, 0.15) is 0 Å². The Morgan fingerprint density at radius 3 is 2.03 bits per heavy atom. The lowest BCUT2D eigenvalue weighted by atomic mass is 10.1. The molecule has 0 bridgehead atoms. The van der Waals surface area contributed by atoms with Gasteiger partial charge in [0.05, 0.1) is 11.4 Å². The number of anilines is 2. The number of rotatable bonds is 6. The van der Waals surface area contributed by atoms with E-state index in [0.717, 1.165) is 16.8 Å². The lowest BCUT2D eigenvalue weighted by Crippen LogP contribution is -2.22. The van der Waals surface area contributed by atoms with Gasteiger partial charge in [-0.25, -0.2) is 4.98 Å². The van der Waals surface area contributed by atoms with Crippen LogP contribution in [0.25, 0.3) is 11.3 Å². The zero-order valence-corrected chi connectivity index (χ0v) is 17.3. The Balaban J connectivity index is 1.40. The molecule has 0 fully saturated rings. The molecule has 0 aliphatic heterocycles. The number of carbonyl (C=O) groups excluding carboxylic acids is 2. The zero-order valence-electron chi connectivity index (χ0n) is 17.3. The summed E-state index contributed by atoms with van der Waals surface area (Å²) in [5.41, 5.74) is 10.0. The highest BCUT2D eigenvalue weighted by Crippen LogP contribution is 2.23. The number of nitrogens with two attached hydrogens (primary N) is 1. The van der Waals surface area contributed by atoms with Gasteiger partial charge in [0, 0.05) is 23.2 Å². The van der Waals surface area contributed by atoms with Crippen molar-refractivity contribution in [2.45, 2.75) is 6.54 Å². The van der Waals surface area contributed by atoms with Crippen LogP contribution in [0.4, 0.5) is 11.5 Å². The highest BCUT2D eigenvalue weighted by Gasteiger charge is 2.11. The Morgan fingerprint density at radius 2 is 1.34 bits per heavy atom. The molecule has 2 amide bonds. The molecule has 0 aliphatic rings. The lowest BCUT2D eigenvalue weighted by molar-refractivity contribution is 0.0949. The van der Waals surface area contributed by atoms with Crippen LogP contribution in [0.15, 0.2) is 97.1 Å². The van der Waals surface area contributed by atoms with Crippen LogP contribution < -0.4 is 16.4 Å². The molecule has 0 aliphatic carbocycles. The van der Waals surface area contributed by atoms with Crippen LogP contribution in [0.3, 0.4) is 0 Å². The predicted octanol–water partition coefficient (Wildman–Crippen LogP) is 4.51. The molecule has 0 spiro atoms. The molecule has 4 aromatic rings. The highest BCUT2D eigenvalue weighted by atomic mass is 16.2. The van der Waals surface area contributed by atoms with Crippen molar-refractivity contribution in [3.8, 4) is 11.3 Å². The van der Waals surface area contributed by atoms with Gasteiger partial charge in [-0.1, -0.05) is 60.7 Å². The molecule has 1 aromatic heterocycles. The fourth-order valence-electron chi connectivity index (χ4n) is 3.17. The highest BCUT2D eigenvalue weighted by molar-refractivity contribution is 6.05. The number of aromatic nitrogens is 1. The van der Waals surface area contributed by atoms with Crippen molar-refractivity contribution in [2.24, 2.45) is 0 Å². The van der Waals surface area contributed by atoms with E-state index in [1.807, 2.05) is 54.6 Å². The van der Waals surface area contributed by atoms with Crippen molar-refractivity contribution in [3.05, 3.63) is 114 Å². The topological polar surface area (TPSA) is 97.1 Å². The molecule has 0 unspecified atom stereocenters. The van der Waals surface area contributed by atoms with E-state index in [4.69, 9.17) is 5.73 Å². The fourth-order valence-corrected chi connectivity index (χ4v) is 3.17. The molecule has 6 heteroatoms. The summed E-state index contributed by atoms with van der Waals surface area (Å²) in [7, 11) is 0. The van der Waals surface area contributed by atoms with E-state index in [1.54, 1.807) is 42.5 Å². The van der Waals surface area contributed by atoms with E-state index >= 15 is 0 Å². The Morgan fingerprint density at radius 1 is 0.719 bits per heavy atom. The normalized spacial score (nSPS) is 10.4. The quantitative estimate of drug-likeness (QED) is 0.426. The summed E-state index contributed by atoms with van der Waals surface area (Å²) in [5, 5.41) is 5.65. The number of hydrogen-bond acceptors (Lipinski definition) is 4. The van der Waals surface area contributed by atoms with Gasteiger partial charge in [0.25, 0.3) is 11.8 Å². The first-order valence-electron chi connectivity index (χ1n) is 10.2. The van der Waals surface area contributed by atoms with Gasteiger partial charge in [0.2, 0.25) is 0 Å². The smallest absolute Gasteiger partial charge is 0.256 e. The Bertz CT molecular complexity index is 1220. The van der Waals surface area contributed by atoms with Gasteiger partial charge < -0.3 is 16.4 Å². The maximum atomic E-state index is 12.7. The molecule has 0 saturated heterocycles. The van der Waals surface area contributed by atoms with Gasteiger partial charge in [-0.2, -0.15) is 0 Å². The van der Waals surface area contributed by atoms with Crippen LogP contribution in [0.5, 0.6) is 0 Å². The Kier molecular flexibility index (Phi) is 6.22. The van der Waals surface area contributed by atoms with E-state index in [2.05, 4.69) is 15.6 Å². The molecule has 3 aromatic carbocycles. The summed E-state index contributed by atoms with van der Waals surface area (Å²) in [6, 6.07) is 29.2. The molecule has 0 radical (unpaired) electrons. The van der Waals surface area contributed by atoms with Gasteiger partial charge in [-0.15, -0.1) is 0 Å². The molecule has 158 valence electrons. The minimum atomic E-state index is -0.311. The second kappa shape index (κ2) is 9.57. The first-order chi connectivity index (χ1) is 15.6. The number of pyridine rings is 1. The minimum Gasteiger partial charge on any atom is -0.396 e. The first kappa shape index (κ1) is 20.8. The number of nitrogens with one attached hydrogen (secondary N) is 2. The standard InChI is InChI=1S/C26H22N4O2/c27-22-15-16-23(19-7-3-1-4-8-19)29-24(22)30-26(32)21-13-11-18(12-14-21)17-28-25(31)20-9-5-2-6-10-20/h1-16H,17,27H2,(H,28,31)(H,29,30,32). The molecule has 4 N–H and O–H groups in total. The third-order valence-corrected chi connectivity index (χ3v) is 4.93. The van der Waals surface area contributed by atoms with E-state index < -0.39 is 0 Å². The second-order valence-corrected chi connectivity index (χ2v) is 7.20. The molecular formula is C26H22N4O2. The summed E-state index contributed by atoms with van der Waals surface area (Å²) in [5.74, 6) is -0.142. The van der Waals surface area contributed by atoms with Crippen molar-refractivity contribution < 1.29 is 9.59 Å². The molecular weight excluding hydrogens is 400 g/mol. The van der Waals surface area contributed by atoms with Gasteiger partial charge in [0.15, 0.2) is 5.82 Å². The first-order valence-corrected chi connectivity index (χ1v) is 10.2. The number of amides is 2. The van der Waals surface area contributed by atoms with Gasteiger partial charge >= 0.3 is 0 Å². The molecule has 1 heterocycles.